The first kappa shape index (κ1) is 25.3. The molecule has 4 rings (SSSR count). The molecule has 0 aliphatic carbocycles. The van der Waals surface area contributed by atoms with Gasteiger partial charge in [0.1, 0.15) is 17.4 Å². The smallest absolute Gasteiger partial charge is 0.257 e. The molecule has 3 heterocycles. The van der Waals surface area contributed by atoms with Crippen molar-refractivity contribution in [3.8, 4) is 11.5 Å². The van der Waals surface area contributed by atoms with Crippen LogP contribution in [0.2, 0.25) is 0 Å². The van der Waals surface area contributed by atoms with E-state index in [1.807, 2.05) is 0 Å². The average molecular weight is 508 g/mol. The molecule has 0 radical (unpaired) electrons. The van der Waals surface area contributed by atoms with Crippen LogP contribution in [-0.2, 0) is 4.79 Å². The van der Waals surface area contributed by atoms with Gasteiger partial charge in [-0.2, -0.15) is 4.73 Å². The fraction of sp³-hybridized carbons (Fsp3) is 0.292. The molecule has 1 aliphatic rings. The molecule has 7 nitrogen and oxygen atoms in total. The molecule has 1 saturated heterocycles. The highest BCUT2D eigenvalue weighted by molar-refractivity contribution is 5.93. The van der Waals surface area contributed by atoms with E-state index in [0.717, 1.165) is 18.6 Å². The van der Waals surface area contributed by atoms with Gasteiger partial charge in [0.05, 0.1) is 18.2 Å². The Morgan fingerprint density at radius 1 is 1.19 bits per heavy atom. The SMILES string of the molecule is C[C@@H](C(=O)Nc1ccc(Oc2c(F)cc(F)cc2F)cn1)N1CCC(F)(F)[C@@H](c2cc[n+]([O-])cc2)C1. The molecule has 1 aliphatic heterocycles. The molecule has 0 spiro atoms. The molecule has 190 valence electrons. The summed E-state index contributed by atoms with van der Waals surface area (Å²) in [5, 5.41) is 13.8. The second kappa shape index (κ2) is 10.1. The number of anilines is 1. The summed E-state index contributed by atoms with van der Waals surface area (Å²) in [6, 6.07) is 5.48. The second-order valence-electron chi connectivity index (χ2n) is 8.39. The minimum absolute atomic E-state index is 0.0124. The van der Waals surface area contributed by atoms with Gasteiger partial charge in [-0.25, -0.2) is 26.9 Å². The Bertz CT molecular complexity index is 1220. The third-order valence-corrected chi connectivity index (χ3v) is 5.99. The van der Waals surface area contributed by atoms with E-state index in [2.05, 4.69) is 10.3 Å². The molecule has 1 amide bonds. The summed E-state index contributed by atoms with van der Waals surface area (Å²) in [5.41, 5.74) is 0.302. The fourth-order valence-corrected chi connectivity index (χ4v) is 3.94. The summed E-state index contributed by atoms with van der Waals surface area (Å²) >= 11 is 0. The Balaban J connectivity index is 1.40. The predicted molar refractivity (Wildman–Crippen MR) is 118 cm³/mol. The molecule has 0 saturated carbocycles. The average Bonchev–Trinajstić information content (AvgIpc) is 2.82. The summed E-state index contributed by atoms with van der Waals surface area (Å²) in [6.45, 7) is 1.46. The van der Waals surface area contributed by atoms with Crippen LogP contribution in [-0.4, -0.2) is 40.8 Å². The van der Waals surface area contributed by atoms with Gasteiger partial charge in [-0.05, 0) is 24.6 Å². The van der Waals surface area contributed by atoms with Gasteiger partial charge in [-0.3, -0.25) is 9.69 Å². The van der Waals surface area contributed by atoms with Crippen molar-refractivity contribution in [3.63, 3.8) is 0 Å². The number of nitrogens with one attached hydrogen (secondary N) is 1. The number of pyridine rings is 2. The molecule has 12 heteroatoms. The zero-order chi connectivity index (χ0) is 26.0. The number of rotatable bonds is 6. The molecule has 0 bridgehead atoms. The van der Waals surface area contributed by atoms with Crippen molar-refractivity contribution in [2.24, 2.45) is 0 Å². The van der Waals surface area contributed by atoms with Crippen molar-refractivity contribution in [1.82, 2.24) is 9.88 Å². The summed E-state index contributed by atoms with van der Waals surface area (Å²) < 4.78 is 75.4. The Labute approximate surface area is 202 Å². The number of hydrogen-bond acceptors (Lipinski definition) is 5. The van der Waals surface area contributed by atoms with Crippen LogP contribution in [0.25, 0.3) is 0 Å². The third-order valence-electron chi connectivity index (χ3n) is 5.99. The molecule has 0 unspecified atom stereocenters. The minimum Gasteiger partial charge on any atom is -0.619 e. The minimum atomic E-state index is -3.00. The number of carbonyl (C=O) groups is 1. The normalized spacial score (nSPS) is 18.4. The number of carbonyl (C=O) groups excluding carboxylic acids is 1. The lowest BCUT2D eigenvalue weighted by Gasteiger charge is -2.40. The van der Waals surface area contributed by atoms with Gasteiger partial charge in [0.15, 0.2) is 29.8 Å². The maximum Gasteiger partial charge on any atom is 0.257 e. The fourth-order valence-electron chi connectivity index (χ4n) is 3.94. The van der Waals surface area contributed by atoms with Crippen molar-refractivity contribution >= 4 is 11.7 Å². The zero-order valence-electron chi connectivity index (χ0n) is 18.9. The third kappa shape index (κ3) is 5.54. The van der Waals surface area contributed by atoms with Crippen LogP contribution >= 0.6 is 0 Å². The summed E-state index contributed by atoms with van der Waals surface area (Å²) in [7, 11) is 0. The van der Waals surface area contributed by atoms with Crippen molar-refractivity contribution in [1.29, 1.82) is 0 Å². The van der Waals surface area contributed by atoms with E-state index in [0.29, 0.717) is 22.4 Å². The van der Waals surface area contributed by atoms with E-state index < -0.39 is 53.4 Å². The van der Waals surface area contributed by atoms with Gasteiger partial charge in [-0.1, -0.05) is 0 Å². The van der Waals surface area contributed by atoms with E-state index in [1.165, 1.54) is 24.3 Å². The Kier molecular flexibility index (Phi) is 7.07. The first-order valence-electron chi connectivity index (χ1n) is 10.9. The van der Waals surface area contributed by atoms with Crippen LogP contribution in [0, 0.1) is 22.7 Å². The van der Waals surface area contributed by atoms with Crippen LogP contribution in [0.1, 0.15) is 24.8 Å². The quantitative estimate of drug-likeness (QED) is 0.304. The molecule has 2 atom stereocenters. The van der Waals surface area contributed by atoms with Crippen LogP contribution in [0.5, 0.6) is 11.5 Å². The number of hydrogen-bond donors (Lipinski definition) is 1. The van der Waals surface area contributed by atoms with Gasteiger partial charge in [0.25, 0.3) is 5.92 Å². The highest BCUT2D eigenvalue weighted by atomic mass is 19.3. The van der Waals surface area contributed by atoms with Crippen LogP contribution in [0.3, 0.4) is 0 Å². The number of benzene rings is 1. The number of piperidine rings is 1. The van der Waals surface area contributed by atoms with Crippen LogP contribution < -0.4 is 14.8 Å². The van der Waals surface area contributed by atoms with Gasteiger partial charge in [0.2, 0.25) is 5.91 Å². The molecule has 1 aromatic carbocycles. The zero-order valence-corrected chi connectivity index (χ0v) is 18.9. The molecule has 2 aromatic heterocycles. The lowest BCUT2D eigenvalue weighted by atomic mass is 9.87. The first-order valence-corrected chi connectivity index (χ1v) is 10.9. The molecule has 1 N–H and O–H groups in total. The number of amides is 1. The lowest BCUT2D eigenvalue weighted by Crippen LogP contribution is -2.52. The Morgan fingerprint density at radius 3 is 2.47 bits per heavy atom. The monoisotopic (exact) mass is 508 g/mol. The van der Waals surface area contributed by atoms with E-state index in [1.54, 1.807) is 11.8 Å². The Morgan fingerprint density at radius 2 is 1.86 bits per heavy atom. The number of ether oxygens (including phenoxy) is 1. The van der Waals surface area contributed by atoms with Crippen molar-refractivity contribution in [3.05, 3.63) is 83.2 Å². The van der Waals surface area contributed by atoms with Crippen molar-refractivity contribution in [2.45, 2.75) is 31.2 Å². The van der Waals surface area contributed by atoms with E-state index in [-0.39, 0.29) is 24.7 Å². The summed E-state index contributed by atoms with van der Waals surface area (Å²) in [4.78, 5) is 18.4. The number of aromatic nitrogens is 2. The summed E-state index contributed by atoms with van der Waals surface area (Å²) in [5.74, 6) is -9.00. The number of alkyl halides is 2. The lowest BCUT2D eigenvalue weighted by molar-refractivity contribution is -0.605. The highest BCUT2D eigenvalue weighted by Crippen LogP contribution is 2.40. The number of halogens is 5. The van der Waals surface area contributed by atoms with Gasteiger partial charge < -0.3 is 15.3 Å². The van der Waals surface area contributed by atoms with Gasteiger partial charge in [0, 0.05) is 43.8 Å². The standard InChI is InChI=1S/C24H21F5N4O3/c1-14(32-9-6-24(28,29)18(13-32)15-4-7-33(35)8-5-15)23(34)31-21-3-2-17(12-30-21)36-22-19(26)10-16(25)11-20(22)27/h2-5,7-8,10-12,14,18H,6,9,13H2,1H3,(H,30,31,34)/t14-,18+/m0/s1. The van der Waals surface area contributed by atoms with Gasteiger partial charge in [-0.15, -0.1) is 0 Å². The van der Waals surface area contributed by atoms with E-state index in [4.69, 9.17) is 4.74 Å². The topological polar surface area (TPSA) is 81.4 Å². The van der Waals surface area contributed by atoms with Crippen molar-refractivity contribution in [2.75, 3.05) is 18.4 Å². The highest BCUT2D eigenvalue weighted by Gasteiger charge is 2.46. The van der Waals surface area contributed by atoms with Crippen molar-refractivity contribution < 1.29 is 36.2 Å². The molecule has 36 heavy (non-hydrogen) atoms. The summed E-state index contributed by atoms with van der Waals surface area (Å²) in [6.07, 6.45) is 2.96. The molecular weight excluding hydrogens is 487 g/mol. The predicted octanol–water partition coefficient (Wildman–Crippen LogP) is 4.38. The second-order valence-corrected chi connectivity index (χ2v) is 8.39. The van der Waals surface area contributed by atoms with Crippen LogP contribution in [0.15, 0.2) is 55.0 Å². The maximum absolute atomic E-state index is 14.6. The maximum atomic E-state index is 14.6. The van der Waals surface area contributed by atoms with Crippen LogP contribution in [0.4, 0.5) is 27.8 Å². The number of nitrogens with zero attached hydrogens (tertiary/aromatic N) is 3. The number of likely N-dealkylation sites (tertiary alicyclic amines) is 1. The molecular formula is C24H21F5N4O3. The van der Waals surface area contributed by atoms with E-state index >= 15 is 0 Å². The van der Waals surface area contributed by atoms with Gasteiger partial charge >= 0.3 is 0 Å². The molecule has 3 aromatic rings. The Hall–Kier alpha value is -3.80. The first-order chi connectivity index (χ1) is 17.0. The largest absolute Gasteiger partial charge is 0.619 e. The van der Waals surface area contributed by atoms with E-state index in [9.17, 15) is 32.0 Å². The molecule has 1 fully saturated rings.